The zero-order chi connectivity index (χ0) is 14.8. The number of hydrogen-bond donors (Lipinski definition) is 0. The van der Waals surface area contributed by atoms with Crippen LogP contribution in [0.1, 0.15) is 23.4 Å². The topological polar surface area (TPSA) is 39.2 Å². The molecule has 0 aliphatic carbocycles. The minimum Gasteiger partial charge on any atom is -0.469 e. The number of alkyl halides is 5. The van der Waals surface area contributed by atoms with Crippen LogP contribution in [0.15, 0.2) is 10.5 Å². The minimum atomic E-state index is -4.88. The van der Waals surface area contributed by atoms with Crippen LogP contribution in [0, 0.1) is 0 Å². The van der Waals surface area contributed by atoms with Crippen molar-refractivity contribution in [1.29, 1.82) is 0 Å². The van der Waals surface area contributed by atoms with E-state index < -0.39 is 41.9 Å². The van der Waals surface area contributed by atoms with E-state index in [1.807, 2.05) is 0 Å². The van der Waals surface area contributed by atoms with Crippen molar-refractivity contribution in [2.24, 2.45) is 0 Å². The zero-order valence-corrected chi connectivity index (χ0v) is 11.0. The van der Waals surface area contributed by atoms with Crippen molar-refractivity contribution in [3.63, 3.8) is 0 Å². The second kappa shape index (κ2) is 5.81. The second-order valence-corrected chi connectivity index (χ2v) is 4.20. The standard InChI is InChI=1S/C10H7BrF5NO2/c1-19-7(18)3-5-8(11)4(9(12)13)2-6(17-5)10(14,15)16/h2,9H,3H2,1H3. The number of carbonyl (C=O) groups excluding carboxylic acids is 1. The predicted molar refractivity (Wildman–Crippen MR) is 57.6 cm³/mol. The number of ether oxygens (including phenoxy) is 1. The quantitative estimate of drug-likeness (QED) is 0.620. The molecule has 0 saturated heterocycles. The van der Waals surface area contributed by atoms with E-state index >= 15 is 0 Å². The molecule has 0 fully saturated rings. The average Bonchev–Trinajstić information content (AvgIpc) is 2.29. The van der Waals surface area contributed by atoms with Crippen molar-refractivity contribution in [3.05, 3.63) is 27.5 Å². The van der Waals surface area contributed by atoms with Gasteiger partial charge in [-0.2, -0.15) is 13.2 Å². The summed E-state index contributed by atoms with van der Waals surface area (Å²) >= 11 is 2.72. The third-order valence-electron chi connectivity index (χ3n) is 2.12. The Morgan fingerprint density at radius 3 is 2.47 bits per heavy atom. The van der Waals surface area contributed by atoms with Crippen LogP contribution in [0.5, 0.6) is 0 Å². The highest BCUT2D eigenvalue weighted by Crippen LogP contribution is 2.35. The molecule has 0 bridgehead atoms. The van der Waals surface area contributed by atoms with E-state index in [0.717, 1.165) is 7.11 Å². The molecule has 0 aliphatic heterocycles. The normalized spacial score (nSPS) is 11.8. The van der Waals surface area contributed by atoms with Crippen LogP contribution < -0.4 is 0 Å². The fraction of sp³-hybridized carbons (Fsp3) is 0.400. The maximum Gasteiger partial charge on any atom is 0.433 e. The lowest BCUT2D eigenvalue weighted by Gasteiger charge is -2.13. The van der Waals surface area contributed by atoms with Gasteiger partial charge in [-0.15, -0.1) is 0 Å². The van der Waals surface area contributed by atoms with Gasteiger partial charge in [0.05, 0.1) is 19.2 Å². The van der Waals surface area contributed by atoms with Gasteiger partial charge in [0.2, 0.25) is 0 Å². The third kappa shape index (κ3) is 3.85. The molecule has 106 valence electrons. The van der Waals surface area contributed by atoms with Crippen LogP contribution in [0.4, 0.5) is 22.0 Å². The summed E-state index contributed by atoms with van der Waals surface area (Å²) in [6.07, 6.45) is -8.65. The number of esters is 1. The Kier molecular flexibility index (Phi) is 4.83. The Morgan fingerprint density at radius 1 is 1.47 bits per heavy atom. The molecule has 3 nitrogen and oxygen atoms in total. The summed E-state index contributed by atoms with van der Waals surface area (Å²) < 4.78 is 66.8. The first-order chi connectivity index (χ1) is 8.66. The molecule has 0 radical (unpaired) electrons. The lowest BCUT2D eigenvalue weighted by Crippen LogP contribution is -2.14. The Balaban J connectivity index is 3.36. The molecule has 19 heavy (non-hydrogen) atoms. The number of halogens is 6. The largest absolute Gasteiger partial charge is 0.469 e. The number of nitrogens with zero attached hydrogens (tertiary/aromatic N) is 1. The number of aromatic nitrogens is 1. The van der Waals surface area contributed by atoms with Crippen LogP contribution in [0.2, 0.25) is 0 Å². The van der Waals surface area contributed by atoms with Crippen molar-refractivity contribution >= 4 is 21.9 Å². The van der Waals surface area contributed by atoms with E-state index in [0.29, 0.717) is 0 Å². The molecule has 1 rings (SSSR count). The average molecular weight is 348 g/mol. The molecule has 0 amide bonds. The molecule has 0 saturated carbocycles. The summed E-state index contributed by atoms with van der Waals surface area (Å²) in [4.78, 5) is 14.2. The van der Waals surface area contributed by atoms with Crippen LogP contribution in [0.25, 0.3) is 0 Å². The van der Waals surface area contributed by atoms with E-state index in [1.54, 1.807) is 0 Å². The molecule has 0 spiro atoms. The predicted octanol–water partition coefficient (Wildman–Crippen LogP) is 3.52. The van der Waals surface area contributed by atoms with Gasteiger partial charge in [-0.25, -0.2) is 13.8 Å². The van der Waals surface area contributed by atoms with Gasteiger partial charge in [0.25, 0.3) is 6.43 Å². The van der Waals surface area contributed by atoms with E-state index in [-0.39, 0.29) is 10.5 Å². The van der Waals surface area contributed by atoms with Gasteiger partial charge in [0.15, 0.2) is 0 Å². The summed E-state index contributed by atoms with van der Waals surface area (Å²) in [5, 5.41) is 0. The van der Waals surface area contributed by atoms with Crippen molar-refractivity contribution in [1.82, 2.24) is 4.98 Å². The Bertz CT molecular complexity index is 490. The lowest BCUT2D eigenvalue weighted by molar-refractivity contribution is -0.143. The maximum atomic E-state index is 12.7. The smallest absolute Gasteiger partial charge is 0.433 e. The van der Waals surface area contributed by atoms with Crippen LogP contribution in [-0.4, -0.2) is 18.1 Å². The SMILES string of the molecule is COC(=O)Cc1nc(C(F)(F)F)cc(C(F)F)c1Br. The van der Waals surface area contributed by atoms with E-state index in [4.69, 9.17) is 0 Å². The first-order valence-corrected chi connectivity index (χ1v) is 5.57. The molecule has 1 aromatic rings. The highest BCUT2D eigenvalue weighted by atomic mass is 79.9. The summed E-state index contributed by atoms with van der Waals surface area (Å²) in [6.45, 7) is 0. The number of hydrogen-bond acceptors (Lipinski definition) is 3. The first kappa shape index (κ1) is 15.8. The first-order valence-electron chi connectivity index (χ1n) is 4.78. The molecule has 1 heterocycles. The fourth-order valence-electron chi connectivity index (χ4n) is 1.23. The molecule has 0 N–H and O–H groups in total. The van der Waals surface area contributed by atoms with Crippen LogP contribution in [0.3, 0.4) is 0 Å². The third-order valence-corrected chi connectivity index (χ3v) is 3.03. The lowest BCUT2D eigenvalue weighted by atomic mass is 10.1. The highest BCUT2D eigenvalue weighted by molar-refractivity contribution is 9.10. The summed E-state index contributed by atoms with van der Waals surface area (Å²) in [7, 11) is 1.03. The van der Waals surface area contributed by atoms with Crippen LogP contribution >= 0.6 is 15.9 Å². The van der Waals surface area contributed by atoms with Crippen molar-refractivity contribution in [2.75, 3.05) is 7.11 Å². The van der Waals surface area contributed by atoms with Gasteiger partial charge >= 0.3 is 12.1 Å². The Hall–Kier alpha value is -1.25. The zero-order valence-electron chi connectivity index (χ0n) is 9.39. The Labute approximate surface area is 112 Å². The number of carbonyl (C=O) groups is 1. The van der Waals surface area contributed by atoms with Crippen molar-refractivity contribution < 1.29 is 31.5 Å². The maximum absolute atomic E-state index is 12.7. The van der Waals surface area contributed by atoms with Gasteiger partial charge < -0.3 is 4.74 Å². The van der Waals surface area contributed by atoms with Crippen molar-refractivity contribution in [3.8, 4) is 0 Å². The summed E-state index contributed by atoms with van der Waals surface area (Å²) in [5.41, 5.74) is -2.80. The molecular weight excluding hydrogens is 341 g/mol. The van der Waals surface area contributed by atoms with Crippen molar-refractivity contribution in [2.45, 2.75) is 19.0 Å². The molecule has 0 aliphatic rings. The van der Waals surface area contributed by atoms with E-state index in [2.05, 4.69) is 25.7 Å². The molecular formula is C10H7BrF5NO2. The van der Waals surface area contributed by atoms with Gasteiger partial charge in [0.1, 0.15) is 5.69 Å². The van der Waals surface area contributed by atoms with E-state index in [9.17, 15) is 26.7 Å². The molecule has 9 heteroatoms. The van der Waals surface area contributed by atoms with Gasteiger partial charge in [-0.05, 0) is 22.0 Å². The van der Waals surface area contributed by atoms with Gasteiger partial charge in [-0.3, -0.25) is 4.79 Å². The van der Waals surface area contributed by atoms with Gasteiger partial charge in [0, 0.05) is 10.0 Å². The molecule has 0 atom stereocenters. The van der Waals surface area contributed by atoms with Gasteiger partial charge in [-0.1, -0.05) is 0 Å². The number of pyridine rings is 1. The van der Waals surface area contributed by atoms with E-state index in [1.165, 1.54) is 0 Å². The highest BCUT2D eigenvalue weighted by Gasteiger charge is 2.35. The summed E-state index contributed by atoms with van der Waals surface area (Å²) in [5.74, 6) is -0.882. The molecule has 1 aromatic heterocycles. The van der Waals surface area contributed by atoms with Crippen LogP contribution in [-0.2, 0) is 22.1 Å². The Morgan fingerprint density at radius 2 is 2.05 bits per heavy atom. The monoisotopic (exact) mass is 347 g/mol. The minimum absolute atomic E-state index is 0.246. The fourth-order valence-corrected chi connectivity index (χ4v) is 1.75. The second-order valence-electron chi connectivity index (χ2n) is 3.41. The number of rotatable bonds is 3. The summed E-state index contributed by atoms with van der Waals surface area (Å²) in [6, 6.07) is 0.246. The molecule has 0 unspecified atom stereocenters. The number of methoxy groups -OCH3 is 1. The molecule has 0 aromatic carbocycles.